The first-order chi connectivity index (χ1) is 6.38. The second kappa shape index (κ2) is 4.08. The highest BCUT2D eigenvalue weighted by molar-refractivity contribution is 9.10. The molecule has 6 heteroatoms. The van der Waals surface area contributed by atoms with Gasteiger partial charge in [-0.15, -0.1) is 0 Å². The number of hydrogen-bond acceptors (Lipinski definition) is 3. The van der Waals surface area contributed by atoms with Gasteiger partial charge in [-0.2, -0.15) is 0 Å². The molecule has 1 rings (SSSR count). The normalized spacial score (nSPS) is 11.4. The van der Waals surface area contributed by atoms with E-state index in [-0.39, 0.29) is 9.92 Å². The number of benzene rings is 1. The van der Waals surface area contributed by atoms with E-state index in [9.17, 15) is 8.42 Å². The van der Waals surface area contributed by atoms with Crippen molar-refractivity contribution in [2.24, 2.45) is 0 Å². The number of methoxy groups -OCH3 is 1. The van der Waals surface area contributed by atoms with Crippen molar-refractivity contribution in [1.82, 2.24) is 0 Å². The van der Waals surface area contributed by atoms with Gasteiger partial charge in [0.05, 0.1) is 7.11 Å². The predicted molar refractivity (Wildman–Crippen MR) is 58.8 cm³/mol. The molecule has 0 radical (unpaired) electrons. The van der Waals surface area contributed by atoms with Crippen molar-refractivity contribution >= 4 is 37.4 Å². The van der Waals surface area contributed by atoms with Crippen molar-refractivity contribution in [3.8, 4) is 5.75 Å². The van der Waals surface area contributed by atoms with Crippen LogP contribution in [-0.2, 0) is 9.84 Å². The third kappa shape index (κ3) is 2.21. The average molecular weight is 300 g/mol. The van der Waals surface area contributed by atoms with Gasteiger partial charge in [-0.1, -0.05) is 11.6 Å². The van der Waals surface area contributed by atoms with Crippen molar-refractivity contribution in [2.75, 3.05) is 13.4 Å². The van der Waals surface area contributed by atoms with Gasteiger partial charge in [0, 0.05) is 10.7 Å². The maximum atomic E-state index is 11.4. The minimum atomic E-state index is -3.36. The Bertz CT molecular complexity index is 456. The van der Waals surface area contributed by atoms with Crippen LogP contribution in [0.5, 0.6) is 5.75 Å². The Morgan fingerprint density at radius 1 is 1.43 bits per heavy atom. The summed E-state index contributed by atoms with van der Waals surface area (Å²) < 4.78 is 28.1. The van der Waals surface area contributed by atoms with Gasteiger partial charge in [-0.25, -0.2) is 8.42 Å². The average Bonchev–Trinajstić information content (AvgIpc) is 2.02. The summed E-state index contributed by atoms with van der Waals surface area (Å²) in [5.74, 6) is 0.343. The highest BCUT2D eigenvalue weighted by atomic mass is 79.9. The topological polar surface area (TPSA) is 43.4 Å². The van der Waals surface area contributed by atoms with E-state index in [1.54, 1.807) is 12.1 Å². The largest absolute Gasteiger partial charge is 0.495 e. The van der Waals surface area contributed by atoms with Crippen LogP contribution in [0.15, 0.2) is 21.5 Å². The first-order valence-electron chi connectivity index (χ1n) is 3.60. The Hall–Kier alpha value is -0.260. The lowest BCUT2D eigenvalue weighted by Crippen LogP contribution is -2.00. The standard InChI is InChI=1S/C8H8BrClO3S/c1-13-6-4-3-5(9)8(7(6)10)14(2,11)12/h3-4H,1-2H3. The molecular weight excluding hydrogens is 292 g/mol. The Kier molecular flexibility index (Phi) is 3.44. The van der Waals surface area contributed by atoms with E-state index in [4.69, 9.17) is 16.3 Å². The zero-order valence-corrected chi connectivity index (χ0v) is 10.7. The molecule has 0 unspecified atom stereocenters. The monoisotopic (exact) mass is 298 g/mol. The van der Waals surface area contributed by atoms with Gasteiger partial charge < -0.3 is 4.74 Å². The zero-order valence-electron chi connectivity index (χ0n) is 7.54. The second-order valence-electron chi connectivity index (χ2n) is 2.66. The molecule has 0 fully saturated rings. The molecule has 0 atom stereocenters. The van der Waals surface area contributed by atoms with Gasteiger partial charge >= 0.3 is 0 Å². The van der Waals surface area contributed by atoms with E-state index in [0.717, 1.165) is 6.26 Å². The van der Waals surface area contributed by atoms with Gasteiger partial charge in [0.25, 0.3) is 0 Å². The summed E-state index contributed by atoms with van der Waals surface area (Å²) in [5, 5.41) is 0.101. The van der Waals surface area contributed by atoms with Crippen molar-refractivity contribution in [2.45, 2.75) is 4.90 Å². The van der Waals surface area contributed by atoms with Crippen LogP contribution >= 0.6 is 27.5 Å². The minimum Gasteiger partial charge on any atom is -0.495 e. The van der Waals surface area contributed by atoms with E-state index in [1.165, 1.54) is 7.11 Å². The van der Waals surface area contributed by atoms with Crippen LogP contribution in [0.3, 0.4) is 0 Å². The van der Waals surface area contributed by atoms with Crippen molar-refractivity contribution in [3.05, 3.63) is 21.6 Å². The molecule has 0 saturated carbocycles. The highest BCUT2D eigenvalue weighted by Gasteiger charge is 2.19. The van der Waals surface area contributed by atoms with Crippen LogP contribution in [0, 0.1) is 0 Å². The summed E-state index contributed by atoms with van der Waals surface area (Å²) in [5.41, 5.74) is 0. The maximum Gasteiger partial charge on any atom is 0.178 e. The van der Waals surface area contributed by atoms with Gasteiger partial charge in [0.15, 0.2) is 9.84 Å². The van der Waals surface area contributed by atoms with E-state index in [0.29, 0.717) is 10.2 Å². The molecular formula is C8H8BrClO3S. The molecule has 1 aromatic rings. The summed E-state index contributed by atoms with van der Waals surface area (Å²) >= 11 is 8.99. The van der Waals surface area contributed by atoms with Crippen LogP contribution < -0.4 is 4.74 Å². The molecule has 0 bridgehead atoms. The first kappa shape index (κ1) is 11.8. The van der Waals surface area contributed by atoms with Crippen LogP contribution in [0.4, 0.5) is 0 Å². The lowest BCUT2D eigenvalue weighted by Gasteiger charge is -2.08. The minimum absolute atomic E-state index is 0.0542. The third-order valence-corrected chi connectivity index (χ3v) is 4.18. The predicted octanol–water partition coefficient (Wildman–Crippen LogP) is 2.51. The third-order valence-electron chi connectivity index (χ3n) is 1.60. The van der Waals surface area contributed by atoms with Crippen LogP contribution in [0.1, 0.15) is 0 Å². The van der Waals surface area contributed by atoms with Gasteiger partial charge in [0.1, 0.15) is 15.7 Å². The molecule has 0 saturated heterocycles. The Morgan fingerprint density at radius 3 is 2.43 bits per heavy atom. The number of halogens is 2. The second-order valence-corrected chi connectivity index (χ2v) is 5.85. The molecule has 0 aromatic heterocycles. The zero-order chi connectivity index (χ0) is 10.9. The smallest absolute Gasteiger partial charge is 0.178 e. The van der Waals surface area contributed by atoms with Crippen LogP contribution in [0.25, 0.3) is 0 Å². The summed E-state index contributed by atoms with van der Waals surface area (Å²) in [4.78, 5) is 0.0542. The number of sulfone groups is 1. The fraction of sp³-hybridized carbons (Fsp3) is 0.250. The molecule has 14 heavy (non-hydrogen) atoms. The first-order valence-corrected chi connectivity index (χ1v) is 6.66. The van der Waals surface area contributed by atoms with Crippen molar-refractivity contribution in [1.29, 1.82) is 0 Å². The molecule has 0 aliphatic carbocycles. The molecule has 0 aliphatic rings. The molecule has 78 valence electrons. The summed E-state index contributed by atoms with van der Waals surface area (Å²) in [7, 11) is -1.92. The van der Waals surface area contributed by atoms with E-state index < -0.39 is 9.84 Å². The fourth-order valence-electron chi connectivity index (χ4n) is 1.01. The lowest BCUT2D eigenvalue weighted by molar-refractivity contribution is 0.413. The highest BCUT2D eigenvalue weighted by Crippen LogP contribution is 2.36. The quantitative estimate of drug-likeness (QED) is 0.843. The van der Waals surface area contributed by atoms with Gasteiger partial charge in [-0.3, -0.25) is 0 Å². The molecule has 0 spiro atoms. The maximum absolute atomic E-state index is 11.4. The Balaban J connectivity index is 3.57. The van der Waals surface area contributed by atoms with E-state index in [1.807, 2.05) is 0 Å². The van der Waals surface area contributed by atoms with Gasteiger partial charge in [0.2, 0.25) is 0 Å². The van der Waals surface area contributed by atoms with Crippen molar-refractivity contribution < 1.29 is 13.2 Å². The number of ether oxygens (including phenoxy) is 1. The number of hydrogen-bond donors (Lipinski definition) is 0. The summed E-state index contributed by atoms with van der Waals surface area (Å²) in [6.45, 7) is 0. The van der Waals surface area contributed by atoms with Crippen molar-refractivity contribution in [3.63, 3.8) is 0 Å². The SMILES string of the molecule is COc1ccc(Br)c(S(C)(=O)=O)c1Cl. The molecule has 0 heterocycles. The molecule has 0 N–H and O–H groups in total. The van der Waals surface area contributed by atoms with E-state index >= 15 is 0 Å². The van der Waals surface area contributed by atoms with Crippen LogP contribution in [-0.4, -0.2) is 21.8 Å². The van der Waals surface area contributed by atoms with Crippen LogP contribution in [0.2, 0.25) is 5.02 Å². The number of rotatable bonds is 2. The fourth-order valence-corrected chi connectivity index (χ4v) is 3.85. The molecule has 3 nitrogen and oxygen atoms in total. The van der Waals surface area contributed by atoms with Gasteiger partial charge in [-0.05, 0) is 28.1 Å². The molecule has 0 aliphatic heterocycles. The van der Waals surface area contributed by atoms with E-state index in [2.05, 4.69) is 15.9 Å². The lowest BCUT2D eigenvalue weighted by atomic mass is 10.3. The summed E-state index contributed by atoms with van der Waals surface area (Å²) in [6.07, 6.45) is 1.10. The summed E-state index contributed by atoms with van der Waals surface area (Å²) in [6, 6.07) is 3.18. The Labute approximate surface area is 96.1 Å². The molecule has 1 aromatic carbocycles. The Morgan fingerprint density at radius 2 is 2.00 bits per heavy atom. The molecule has 0 amide bonds.